The van der Waals surface area contributed by atoms with Crippen molar-refractivity contribution in [3.63, 3.8) is 0 Å². The summed E-state index contributed by atoms with van der Waals surface area (Å²) >= 11 is 0. The Kier molecular flexibility index (Phi) is 9.45. The summed E-state index contributed by atoms with van der Waals surface area (Å²) in [6.45, 7) is 1.44. The lowest BCUT2D eigenvalue weighted by molar-refractivity contribution is -0.150. The van der Waals surface area contributed by atoms with Crippen LogP contribution in [0.5, 0.6) is 5.75 Å². The van der Waals surface area contributed by atoms with Crippen molar-refractivity contribution in [2.24, 2.45) is 5.73 Å². The van der Waals surface area contributed by atoms with Gasteiger partial charge in [0.05, 0.1) is 0 Å². The maximum absolute atomic E-state index is 13.8. The largest absolute Gasteiger partial charge is 0.489 e. The molecule has 1 aliphatic heterocycles. The number of hydrogen-bond donors (Lipinski definition) is 2. The van der Waals surface area contributed by atoms with E-state index in [1.165, 1.54) is 0 Å². The van der Waals surface area contributed by atoms with Crippen molar-refractivity contribution in [1.29, 1.82) is 0 Å². The second-order valence-electron chi connectivity index (χ2n) is 10.5. The van der Waals surface area contributed by atoms with Gasteiger partial charge in [-0.15, -0.1) is 0 Å². The highest BCUT2D eigenvalue weighted by Gasteiger charge is 2.40. The Morgan fingerprint density at radius 3 is 2.02 bits per heavy atom. The molecule has 41 heavy (non-hydrogen) atoms. The minimum absolute atomic E-state index is 0.0566. The third kappa shape index (κ3) is 7.41. The van der Waals surface area contributed by atoms with Crippen molar-refractivity contribution < 1.29 is 14.3 Å². The van der Waals surface area contributed by atoms with Gasteiger partial charge in [0, 0.05) is 13.0 Å². The van der Waals surface area contributed by atoms with Gasteiger partial charge in [0.2, 0.25) is 11.8 Å². The van der Waals surface area contributed by atoms with Gasteiger partial charge in [0.15, 0.2) is 0 Å². The zero-order valence-corrected chi connectivity index (χ0v) is 23.2. The number of carbonyl (C=O) groups excluding carboxylic acids is 2. The van der Waals surface area contributed by atoms with Crippen LogP contribution in [0.3, 0.4) is 0 Å². The number of rotatable bonds is 12. The van der Waals surface area contributed by atoms with E-state index >= 15 is 0 Å². The Morgan fingerprint density at radius 1 is 0.707 bits per heavy atom. The highest BCUT2D eigenvalue weighted by Crippen LogP contribution is 2.24. The summed E-state index contributed by atoms with van der Waals surface area (Å²) in [6, 6.07) is 35.0. The smallest absolute Gasteiger partial charge is 0.246 e. The number of nitrogens with one attached hydrogen (secondary N) is 1. The Balaban J connectivity index is 1.27. The SMILES string of the molecule is NCCCCC1C(=O)NC(Cc2ccc(OCc3ccccc3)cc2)C(=O)N1Cc1ccc(-c2ccccc2)cc1. The molecule has 6 heteroatoms. The van der Waals surface area contributed by atoms with E-state index in [0.29, 0.717) is 32.5 Å². The molecule has 4 aromatic rings. The second-order valence-corrected chi connectivity index (χ2v) is 10.5. The highest BCUT2D eigenvalue weighted by molar-refractivity contribution is 5.97. The molecule has 5 rings (SSSR count). The predicted molar refractivity (Wildman–Crippen MR) is 162 cm³/mol. The Bertz CT molecular complexity index is 1410. The molecule has 210 valence electrons. The van der Waals surface area contributed by atoms with Gasteiger partial charge in [-0.2, -0.15) is 0 Å². The normalized spacial score (nSPS) is 16.9. The fourth-order valence-corrected chi connectivity index (χ4v) is 5.25. The lowest BCUT2D eigenvalue weighted by Crippen LogP contribution is -2.63. The summed E-state index contributed by atoms with van der Waals surface area (Å²) in [5.74, 6) is 0.603. The summed E-state index contributed by atoms with van der Waals surface area (Å²) in [4.78, 5) is 28.9. The number of unbranched alkanes of at least 4 members (excludes halogenated alkanes) is 1. The van der Waals surface area contributed by atoms with Crippen LogP contribution in [-0.4, -0.2) is 35.3 Å². The number of carbonyl (C=O) groups is 2. The van der Waals surface area contributed by atoms with Crippen molar-refractivity contribution in [3.8, 4) is 16.9 Å². The van der Waals surface area contributed by atoms with Gasteiger partial charge < -0.3 is 20.7 Å². The molecule has 0 aliphatic carbocycles. The Hall–Kier alpha value is -4.42. The first-order chi connectivity index (χ1) is 20.1. The molecule has 0 bridgehead atoms. The monoisotopic (exact) mass is 547 g/mol. The van der Waals surface area contributed by atoms with Crippen molar-refractivity contribution in [2.75, 3.05) is 6.54 Å². The van der Waals surface area contributed by atoms with E-state index in [1.54, 1.807) is 4.90 Å². The number of amides is 2. The molecule has 4 aromatic carbocycles. The molecule has 0 spiro atoms. The van der Waals surface area contributed by atoms with Gasteiger partial charge in [-0.25, -0.2) is 0 Å². The van der Waals surface area contributed by atoms with Crippen molar-refractivity contribution in [2.45, 2.75) is 50.9 Å². The molecule has 3 N–H and O–H groups in total. The predicted octanol–water partition coefficient (Wildman–Crippen LogP) is 5.50. The van der Waals surface area contributed by atoms with Gasteiger partial charge >= 0.3 is 0 Å². The average molecular weight is 548 g/mol. The molecule has 0 saturated carbocycles. The van der Waals surface area contributed by atoms with Gasteiger partial charge in [-0.1, -0.05) is 97.1 Å². The Morgan fingerprint density at radius 2 is 1.34 bits per heavy atom. The number of ether oxygens (including phenoxy) is 1. The zero-order chi connectivity index (χ0) is 28.4. The van der Waals surface area contributed by atoms with Crippen LogP contribution in [0.25, 0.3) is 11.1 Å². The van der Waals surface area contributed by atoms with E-state index in [0.717, 1.165) is 46.4 Å². The van der Waals surface area contributed by atoms with Crippen LogP contribution < -0.4 is 15.8 Å². The molecule has 1 heterocycles. The van der Waals surface area contributed by atoms with E-state index in [2.05, 4.69) is 29.6 Å². The molecular weight excluding hydrogens is 510 g/mol. The second kappa shape index (κ2) is 13.8. The molecule has 0 radical (unpaired) electrons. The van der Waals surface area contributed by atoms with E-state index in [-0.39, 0.29) is 11.8 Å². The van der Waals surface area contributed by atoms with Crippen LogP contribution in [0.1, 0.15) is 36.0 Å². The van der Waals surface area contributed by atoms with Gasteiger partial charge in [-0.05, 0) is 65.8 Å². The van der Waals surface area contributed by atoms with E-state index < -0.39 is 12.1 Å². The maximum atomic E-state index is 13.8. The summed E-state index contributed by atoms with van der Waals surface area (Å²) in [5.41, 5.74) is 11.0. The topological polar surface area (TPSA) is 84.7 Å². The van der Waals surface area contributed by atoms with Crippen molar-refractivity contribution in [3.05, 3.63) is 126 Å². The molecule has 1 aliphatic rings. The van der Waals surface area contributed by atoms with Crippen LogP contribution in [-0.2, 0) is 29.2 Å². The quantitative estimate of drug-likeness (QED) is 0.230. The summed E-state index contributed by atoms with van der Waals surface area (Å²) in [6.07, 6.45) is 2.62. The number of hydrogen-bond acceptors (Lipinski definition) is 4. The van der Waals surface area contributed by atoms with E-state index in [4.69, 9.17) is 10.5 Å². The van der Waals surface area contributed by atoms with Gasteiger partial charge in [-0.3, -0.25) is 9.59 Å². The van der Waals surface area contributed by atoms with Gasteiger partial charge in [0.1, 0.15) is 24.4 Å². The minimum atomic E-state index is -0.618. The molecule has 2 amide bonds. The summed E-state index contributed by atoms with van der Waals surface area (Å²) in [7, 11) is 0. The first-order valence-corrected chi connectivity index (χ1v) is 14.3. The minimum Gasteiger partial charge on any atom is -0.489 e. The first kappa shape index (κ1) is 28.1. The average Bonchev–Trinajstić information content (AvgIpc) is 3.02. The zero-order valence-electron chi connectivity index (χ0n) is 23.2. The van der Waals surface area contributed by atoms with Crippen LogP contribution >= 0.6 is 0 Å². The lowest BCUT2D eigenvalue weighted by Gasteiger charge is -2.39. The third-order valence-electron chi connectivity index (χ3n) is 7.53. The fourth-order valence-electron chi connectivity index (χ4n) is 5.25. The van der Waals surface area contributed by atoms with Crippen LogP contribution in [0.2, 0.25) is 0 Å². The molecule has 6 nitrogen and oxygen atoms in total. The lowest BCUT2D eigenvalue weighted by atomic mass is 9.96. The fraction of sp³-hybridized carbons (Fsp3) is 0.257. The maximum Gasteiger partial charge on any atom is 0.246 e. The molecule has 1 fully saturated rings. The van der Waals surface area contributed by atoms with Crippen LogP contribution in [0.4, 0.5) is 0 Å². The van der Waals surface area contributed by atoms with Crippen molar-refractivity contribution >= 4 is 11.8 Å². The number of nitrogens with zero attached hydrogens (tertiary/aromatic N) is 1. The van der Waals surface area contributed by atoms with E-state index in [9.17, 15) is 9.59 Å². The molecular formula is C35H37N3O3. The van der Waals surface area contributed by atoms with Crippen LogP contribution in [0, 0.1) is 0 Å². The molecule has 2 unspecified atom stereocenters. The molecule has 2 atom stereocenters. The number of nitrogens with two attached hydrogens (primary N) is 1. The number of piperazine rings is 1. The third-order valence-corrected chi connectivity index (χ3v) is 7.53. The van der Waals surface area contributed by atoms with E-state index in [1.807, 2.05) is 84.9 Å². The van der Waals surface area contributed by atoms with Gasteiger partial charge in [0.25, 0.3) is 0 Å². The first-order valence-electron chi connectivity index (χ1n) is 14.3. The Labute approximate surface area is 242 Å². The number of benzene rings is 4. The summed E-state index contributed by atoms with van der Waals surface area (Å²) < 4.78 is 5.90. The highest BCUT2D eigenvalue weighted by atomic mass is 16.5. The molecule has 0 aromatic heterocycles. The summed E-state index contributed by atoms with van der Waals surface area (Å²) in [5, 5.41) is 3.01. The van der Waals surface area contributed by atoms with Crippen LogP contribution in [0.15, 0.2) is 109 Å². The molecule has 1 saturated heterocycles. The van der Waals surface area contributed by atoms with Crippen molar-refractivity contribution in [1.82, 2.24) is 10.2 Å². The standard InChI is InChI=1S/C35H37N3O3/c36-22-8-7-13-33-34(39)37-32(23-26-16-20-31(21-17-26)41-25-28-9-3-1-4-10-28)35(40)38(33)24-27-14-18-30(19-15-27)29-11-5-2-6-12-29/h1-6,9-12,14-21,32-33H,7-8,13,22-25,36H2,(H,37,39).